The second-order valence-corrected chi connectivity index (χ2v) is 11.1. The van der Waals surface area contributed by atoms with E-state index in [1.54, 1.807) is 0 Å². The van der Waals surface area contributed by atoms with Crippen molar-refractivity contribution >= 4 is 17.9 Å². The smallest absolute Gasteiger partial charge is 0.362 e. The maximum absolute atomic E-state index is 11.8. The monoisotopic (exact) mass is 540 g/mol. The fourth-order valence-electron chi connectivity index (χ4n) is 5.54. The van der Waals surface area contributed by atoms with Gasteiger partial charge < -0.3 is 15.3 Å². The molecule has 0 radical (unpaired) electrons. The maximum atomic E-state index is 11.8. The Balaban J connectivity index is 4.07. The van der Waals surface area contributed by atoms with Crippen LogP contribution in [0.3, 0.4) is 0 Å². The predicted molar refractivity (Wildman–Crippen MR) is 154 cm³/mol. The van der Waals surface area contributed by atoms with Gasteiger partial charge in [-0.15, -0.1) is 0 Å². The van der Waals surface area contributed by atoms with Gasteiger partial charge in [-0.25, -0.2) is 14.4 Å². The number of aliphatic carboxylic acids is 3. The first-order chi connectivity index (χ1) is 18.1. The van der Waals surface area contributed by atoms with E-state index in [0.717, 1.165) is 19.3 Å². The molecular weight excluding hydrogens is 482 g/mol. The molecule has 0 aliphatic rings. The fourth-order valence-corrected chi connectivity index (χ4v) is 5.54. The second-order valence-electron chi connectivity index (χ2n) is 11.1. The van der Waals surface area contributed by atoms with Gasteiger partial charge in [0, 0.05) is 0 Å². The van der Waals surface area contributed by atoms with E-state index in [1.807, 2.05) is 0 Å². The highest BCUT2D eigenvalue weighted by atomic mass is 16.4. The van der Waals surface area contributed by atoms with Crippen LogP contribution < -0.4 is 0 Å². The van der Waals surface area contributed by atoms with E-state index in [2.05, 4.69) is 19.1 Å². The third kappa shape index (κ3) is 14.3. The van der Waals surface area contributed by atoms with Gasteiger partial charge >= 0.3 is 17.9 Å². The Morgan fingerprint density at radius 2 is 0.816 bits per heavy atom. The summed E-state index contributed by atoms with van der Waals surface area (Å²) in [6.07, 6.45) is 26.3. The summed E-state index contributed by atoms with van der Waals surface area (Å²) in [5.41, 5.74) is 0. The molecule has 7 heteroatoms. The fraction of sp³-hybridized carbons (Fsp3) is 0.839. The van der Waals surface area contributed by atoms with Crippen molar-refractivity contribution in [1.29, 1.82) is 0 Å². The molecule has 3 N–H and O–H groups in total. The number of nitrogens with zero attached hydrogens (tertiary/aromatic N) is 1. The third-order valence-corrected chi connectivity index (χ3v) is 8.29. The van der Waals surface area contributed by atoms with E-state index in [9.17, 15) is 29.7 Å². The molecule has 222 valence electrons. The Kier molecular flexibility index (Phi) is 20.9. The molecule has 0 spiro atoms. The van der Waals surface area contributed by atoms with E-state index in [0.29, 0.717) is 6.42 Å². The molecule has 0 aliphatic heterocycles. The zero-order valence-corrected chi connectivity index (χ0v) is 24.8. The van der Waals surface area contributed by atoms with Crippen molar-refractivity contribution in [2.24, 2.45) is 0 Å². The molecule has 0 saturated carbocycles. The molecule has 0 rings (SSSR count). The number of unbranched alkanes of at least 4 members (excludes halogenated alkanes) is 16. The SMILES string of the molecule is CCCCC/C=C/CCCCCCCCCCCCCCC[N+](C(C)C(=O)O)(C(C)C(=O)O)C(C)C(=O)O. The molecule has 3 unspecified atom stereocenters. The number of rotatable bonds is 26. The number of quaternary nitrogens is 1. The highest BCUT2D eigenvalue weighted by Crippen LogP contribution is 2.27. The summed E-state index contributed by atoms with van der Waals surface area (Å²) >= 11 is 0. The van der Waals surface area contributed by atoms with Crippen molar-refractivity contribution in [3.05, 3.63) is 12.2 Å². The van der Waals surface area contributed by atoms with E-state index in [1.165, 1.54) is 111 Å². The van der Waals surface area contributed by atoms with Crippen LogP contribution in [0.15, 0.2) is 12.2 Å². The van der Waals surface area contributed by atoms with Crippen LogP contribution >= 0.6 is 0 Å². The van der Waals surface area contributed by atoms with Gasteiger partial charge in [-0.1, -0.05) is 96.1 Å². The molecule has 7 nitrogen and oxygen atoms in total. The summed E-state index contributed by atoms with van der Waals surface area (Å²) < 4.78 is -0.476. The molecule has 0 aromatic heterocycles. The second kappa shape index (κ2) is 22.0. The number of carbonyl (C=O) groups is 3. The van der Waals surface area contributed by atoms with Gasteiger partial charge in [-0.2, -0.15) is 0 Å². The summed E-state index contributed by atoms with van der Waals surface area (Å²) in [7, 11) is 0. The van der Waals surface area contributed by atoms with Crippen molar-refractivity contribution in [2.75, 3.05) is 6.54 Å². The topological polar surface area (TPSA) is 112 Å². The molecule has 0 fully saturated rings. The lowest BCUT2D eigenvalue weighted by Gasteiger charge is -2.47. The predicted octanol–water partition coefficient (Wildman–Crippen LogP) is 7.82. The summed E-state index contributed by atoms with van der Waals surface area (Å²) in [5, 5.41) is 28.9. The van der Waals surface area contributed by atoms with E-state index in [-0.39, 0.29) is 6.54 Å². The van der Waals surface area contributed by atoms with Gasteiger partial charge in [-0.3, -0.25) is 4.48 Å². The Morgan fingerprint density at radius 1 is 0.526 bits per heavy atom. The van der Waals surface area contributed by atoms with Crippen LogP contribution in [-0.4, -0.2) is 62.4 Å². The van der Waals surface area contributed by atoms with Crippen molar-refractivity contribution in [3.8, 4) is 0 Å². The minimum atomic E-state index is -1.17. The highest BCUT2D eigenvalue weighted by molar-refractivity contribution is 5.77. The average Bonchev–Trinajstić information content (AvgIpc) is 2.88. The zero-order chi connectivity index (χ0) is 28.8. The lowest BCUT2D eigenvalue weighted by atomic mass is 10.00. The van der Waals surface area contributed by atoms with Crippen LogP contribution in [0.4, 0.5) is 0 Å². The Morgan fingerprint density at radius 3 is 1.13 bits per heavy atom. The quantitative estimate of drug-likeness (QED) is 0.0586. The molecule has 0 heterocycles. The van der Waals surface area contributed by atoms with Crippen LogP contribution in [-0.2, 0) is 14.4 Å². The van der Waals surface area contributed by atoms with Crippen molar-refractivity contribution in [3.63, 3.8) is 0 Å². The van der Waals surface area contributed by atoms with E-state index < -0.39 is 40.5 Å². The summed E-state index contributed by atoms with van der Waals surface area (Å²) in [6.45, 7) is 6.74. The van der Waals surface area contributed by atoms with Crippen LogP contribution in [0.1, 0.15) is 143 Å². The first-order valence-electron chi connectivity index (χ1n) is 15.3. The van der Waals surface area contributed by atoms with Crippen molar-refractivity contribution in [1.82, 2.24) is 0 Å². The summed E-state index contributed by atoms with van der Waals surface area (Å²) in [5.74, 6) is -3.51. The van der Waals surface area contributed by atoms with Crippen molar-refractivity contribution in [2.45, 2.75) is 161 Å². The van der Waals surface area contributed by atoms with Gasteiger partial charge in [-0.05, 0) is 59.3 Å². The molecule has 0 aliphatic carbocycles. The molecule has 0 bridgehead atoms. The van der Waals surface area contributed by atoms with Crippen LogP contribution in [0, 0.1) is 0 Å². The number of hydrogen-bond acceptors (Lipinski definition) is 3. The third-order valence-electron chi connectivity index (χ3n) is 8.29. The molecule has 0 amide bonds. The lowest BCUT2D eigenvalue weighted by Crippen LogP contribution is -2.70. The molecule has 0 aromatic carbocycles. The lowest BCUT2D eigenvalue weighted by molar-refractivity contribution is -0.968. The molecule has 0 aromatic rings. The number of carboxylic acids is 3. The van der Waals surface area contributed by atoms with Crippen LogP contribution in [0.25, 0.3) is 0 Å². The average molecular weight is 541 g/mol. The van der Waals surface area contributed by atoms with Gasteiger partial charge in [0.15, 0.2) is 18.1 Å². The van der Waals surface area contributed by atoms with Crippen molar-refractivity contribution < 1.29 is 34.2 Å². The van der Waals surface area contributed by atoms with Crippen LogP contribution in [0.5, 0.6) is 0 Å². The zero-order valence-electron chi connectivity index (χ0n) is 24.8. The van der Waals surface area contributed by atoms with Gasteiger partial charge in [0.1, 0.15) is 0 Å². The van der Waals surface area contributed by atoms with Gasteiger partial charge in [0.25, 0.3) is 0 Å². The first-order valence-corrected chi connectivity index (χ1v) is 15.3. The number of allylic oxidation sites excluding steroid dienone is 2. The minimum Gasteiger partial charge on any atom is -0.477 e. The Hall–Kier alpha value is -1.89. The van der Waals surface area contributed by atoms with E-state index >= 15 is 0 Å². The molecule has 0 saturated heterocycles. The van der Waals surface area contributed by atoms with Gasteiger partial charge in [0.2, 0.25) is 0 Å². The number of hydrogen-bond donors (Lipinski definition) is 3. The van der Waals surface area contributed by atoms with Crippen LogP contribution in [0.2, 0.25) is 0 Å². The number of carboxylic acid groups (broad SMARTS) is 3. The van der Waals surface area contributed by atoms with Gasteiger partial charge in [0.05, 0.1) is 6.54 Å². The molecular formula is C31H58NO6+. The normalized spacial score (nSPS) is 15.7. The largest absolute Gasteiger partial charge is 0.477 e. The maximum Gasteiger partial charge on any atom is 0.362 e. The standard InChI is InChI=1S/C31H57NO6/c1-5-6-7-8-9-10-11-12-13-14-15-16-17-18-19-20-21-22-23-24-25-32(26(2)29(33)34,27(3)30(35)36)28(4)31(37)38/h9-10,26-28H,5-8,11-25H2,1-4H3,(H2-,33,34,35,36,37,38)/p+1/b10-9+. The summed E-state index contributed by atoms with van der Waals surface area (Å²) in [4.78, 5) is 35.4. The summed E-state index contributed by atoms with van der Waals surface area (Å²) in [6, 6.07) is -3.36. The molecule has 3 atom stereocenters. The minimum absolute atomic E-state index is 0.226. The Labute approximate surface area is 232 Å². The molecule has 38 heavy (non-hydrogen) atoms. The first kappa shape index (κ1) is 36.1. The Bertz CT molecular complexity index is 627. The van der Waals surface area contributed by atoms with E-state index in [4.69, 9.17) is 0 Å². The highest BCUT2D eigenvalue weighted by Gasteiger charge is 2.52.